The van der Waals surface area contributed by atoms with Gasteiger partial charge in [0.1, 0.15) is 17.2 Å². The van der Waals surface area contributed by atoms with Crippen LogP contribution in [-0.2, 0) is 0 Å². The van der Waals surface area contributed by atoms with E-state index < -0.39 is 0 Å². The summed E-state index contributed by atoms with van der Waals surface area (Å²) in [6.45, 7) is 13.5. The molecule has 1 aliphatic rings. The number of thioether (sulfide) groups is 1. The fraction of sp³-hybridized carbons (Fsp3) is 0.419. The highest BCUT2D eigenvalue weighted by atomic mass is 32.2. The molecule has 5 rings (SSSR count). The van der Waals surface area contributed by atoms with Crippen molar-refractivity contribution in [2.75, 3.05) is 37.4 Å². The third kappa shape index (κ3) is 6.34. The minimum Gasteiger partial charge on any atom is -0.492 e. The zero-order chi connectivity index (χ0) is 27.5. The summed E-state index contributed by atoms with van der Waals surface area (Å²) in [4.78, 5) is 16.8. The number of anilines is 4. The Morgan fingerprint density at radius 3 is 2.56 bits per heavy atom. The van der Waals surface area contributed by atoms with Crippen LogP contribution in [0.1, 0.15) is 56.4 Å². The normalized spacial score (nSPS) is 14.7. The Morgan fingerprint density at radius 2 is 1.82 bits per heavy atom. The molecule has 2 aromatic heterocycles. The third-order valence-electron chi connectivity index (χ3n) is 7.20. The van der Waals surface area contributed by atoms with E-state index in [1.165, 1.54) is 28.9 Å². The highest BCUT2D eigenvalue weighted by molar-refractivity contribution is 8.00. The van der Waals surface area contributed by atoms with Gasteiger partial charge in [0.25, 0.3) is 0 Å². The molecule has 1 fully saturated rings. The Balaban J connectivity index is 1.50. The molecule has 8 heteroatoms. The van der Waals surface area contributed by atoms with Crippen molar-refractivity contribution >= 4 is 45.9 Å². The molecule has 0 saturated carbocycles. The van der Waals surface area contributed by atoms with Gasteiger partial charge in [0.15, 0.2) is 0 Å². The number of H-pyrrole nitrogens is 1. The standard InChI is InChI=1S/C31H40N6OS/c1-7-38-27-18-23(22-12-14-37(6)15-13-22)20(4)16-26(27)34-31-35-29-24(17-21(5)32-29)30(36-31)33-25-10-8-9-11-28(25)39-19(2)3/h8-11,16-19,22H,7,12-15H2,1-6H3,(H3,32,33,34,35,36). The van der Waals surface area contributed by atoms with Gasteiger partial charge in [0.05, 0.1) is 23.4 Å². The summed E-state index contributed by atoms with van der Waals surface area (Å²) in [6.07, 6.45) is 2.35. The van der Waals surface area contributed by atoms with Gasteiger partial charge in [0, 0.05) is 15.8 Å². The van der Waals surface area contributed by atoms with Crippen molar-refractivity contribution in [2.45, 2.75) is 63.5 Å². The monoisotopic (exact) mass is 544 g/mol. The van der Waals surface area contributed by atoms with E-state index in [0.29, 0.717) is 23.7 Å². The van der Waals surface area contributed by atoms with Crippen LogP contribution in [0.4, 0.5) is 23.1 Å². The fourth-order valence-corrected chi connectivity index (χ4v) is 6.21. The first-order chi connectivity index (χ1) is 18.8. The van der Waals surface area contributed by atoms with Gasteiger partial charge in [-0.3, -0.25) is 0 Å². The first kappa shape index (κ1) is 27.3. The number of piperidine rings is 1. The number of para-hydroxylation sites is 1. The van der Waals surface area contributed by atoms with E-state index in [4.69, 9.17) is 14.7 Å². The second-order valence-electron chi connectivity index (χ2n) is 10.7. The van der Waals surface area contributed by atoms with Crippen LogP contribution in [0.3, 0.4) is 0 Å². The lowest BCUT2D eigenvalue weighted by atomic mass is 9.86. The van der Waals surface area contributed by atoms with Crippen LogP contribution in [0.5, 0.6) is 5.75 Å². The molecule has 0 amide bonds. The molecule has 4 aromatic rings. The molecular weight excluding hydrogens is 504 g/mol. The Labute approximate surface area is 236 Å². The van der Waals surface area contributed by atoms with Crippen LogP contribution in [0, 0.1) is 13.8 Å². The van der Waals surface area contributed by atoms with E-state index in [-0.39, 0.29) is 0 Å². The van der Waals surface area contributed by atoms with Gasteiger partial charge < -0.3 is 25.3 Å². The van der Waals surface area contributed by atoms with Crippen molar-refractivity contribution in [1.29, 1.82) is 0 Å². The number of hydrogen-bond acceptors (Lipinski definition) is 7. The van der Waals surface area contributed by atoms with Crippen molar-refractivity contribution in [1.82, 2.24) is 19.9 Å². The summed E-state index contributed by atoms with van der Waals surface area (Å²) in [5.74, 6) is 2.69. The SMILES string of the molecule is CCOc1cc(C2CCN(C)CC2)c(C)cc1Nc1nc(Nc2ccccc2SC(C)C)c2cc(C)[nH]c2n1. The highest BCUT2D eigenvalue weighted by Gasteiger charge is 2.22. The smallest absolute Gasteiger partial charge is 0.231 e. The van der Waals surface area contributed by atoms with Crippen LogP contribution >= 0.6 is 11.8 Å². The highest BCUT2D eigenvalue weighted by Crippen LogP contribution is 2.38. The second-order valence-corrected chi connectivity index (χ2v) is 12.4. The molecule has 0 unspecified atom stereocenters. The number of benzene rings is 2. The minimum absolute atomic E-state index is 0.475. The largest absolute Gasteiger partial charge is 0.492 e. The Kier molecular flexibility index (Phi) is 8.33. The Hall–Kier alpha value is -3.23. The van der Waals surface area contributed by atoms with E-state index >= 15 is 0 Å². The van der Waals surface area contributed by atoms with Crippen LogP contribution < -0.4 is 15.4 Å². The first-order valence-electron chi connectivity index (χ1n) is 13.9. The van der Waals surface area contributed by atoms with Gasteiger partial charge in [-0.2, -0.15) is 9.97 Å². The number of rotatable bonds is 9. The number of aromatic nitrogens is 3. The summed E-state index contributed by atoms with van der Waals surface area (Å²) in [6, 6.07) is 14.9. The number of ether oxygens (including phenoxy) is 1. The number of hydrogen-bond donors (Lipinski definition) is 3. The number of nitrogens with zero attached hydrogens (tertiary/aromatic N) is 3. The maximum absolute atomic E-state index is 6.13. The van der Waals surface area contributed by atoms with Gasteiger partial charge in [-0.1, -0.05) is 26.0 Å². The fourth-order valence-electron chi connectivity index (χ4n) is 5.30. The lowest BCUT2D eigenvalue weighted by molar-refractivity contribution is 0.254. The topological polar surface area (TPSA) is 78.1 Å². The Morgan fingerprint density at radius 1 is 1.05 bits per heavy atom. The molecule has 0 spiro atoms. The van der Waals surface area contributed by atoms with E-state index in [0.717, 1.165) is 52.8 Å². The number of fused-ring (bicyclic) bond motifs is 1. The summed E-state index contributed by atoms with van der Waals surface area (Å²) in [7, 11) is 2.20. The molecule has 1 saturated heterocycles. The summed E-state index contributed by atoms with van der Waals surface area (Å²) >= 11 is 1.84. The number of aromatic amines is 1. The third-order valence-corrected chi connectivity index (χ3v) is 8.28. The average Bonchev–Trinajstić information content (AvgIpc) is 3.27. The van der Waals surface area contributed by atoms with Crippen LogP contribution in [0.25, 0.3) is 11.0 Å². The van der Waals surface area contributed by atoms with Crippen molar-refractivity contribution in [3.05, 3.63) is 59.3 Å². The van der Waals surface area contributed by atoms with Crippen molar-refractivity contribution in [2.24, 2.45) is 0 Å². The molecule has 39 heavy (non-hydrogen) atoms. The average molecular weight is 545 g/mol. The van der Waals surface area contributed by atoms with Gasteiger partial charge >= 0.3 is 0 Å². The van der Waals surface area contributed by atoms with Gasteiger partial charge in [0.2, 0.25) is 5.95 Å². The molecule has 0 radical (unpaired) electrons. The summed E-state index contributed by atoms with van der Waals surface area (Å²) < 4.78 is 6.13. The molecule has 1 aliphatic heterocycles. The van der Waals surface area contributed by atoms with Gasteiger partial charge in [-0.05, 0) is 101 Å². The zero-order valence-electron chi connectivity index (χ0n) is 23.9. The quantitative estimate of drug-likeness (QED) is 0.186. The van der Waals surface area contributed by atoms with Gasteiger partial charge in [-0.15, -0.1) is 11.8 Å². The van der Waals surface area contributed by atoms with Crippen molar-refractivity contribution in [3.8, 4) is 5.75 Å². The minimum atomic E-state index is 0.475. The Bertz CT molecular complexity index is 1440. The molecule has 0 atom stereocenters. The molecule has 2 aromatic carbocycles. The van der Waals surface area contributed by atoms with Crippen LogP contribution in [-0.4, -0.2) is 51.8 Å². The zero-order valence-corrected chi connectivity index (χ0v) is 24.7. The van der Waals surface area contributed by atoms with Crippen LogP contribution in [0.2, 0.25) is 0 Å². The van der Waals surface area contributed by atoms with E-state index in [1.54, 1.807) is 0 Å². The molecule has 0 bridgehead atoms. The molecule has 206 valence electrons. The molecule has 3 N–H and O–H groups in total. The van der Waals surface area contributed by atoms with E-state index in [1.807, 2.05) is 25.6 Å². The lowest BCUT2D eigenvalue weighted by Gasteiger charge is -2.30. The molecular formula is C31H40N6OS. The maximum atomic E-state index is 6.13. The molecule has 7 nitrogen and oxygen atoms in total. The number of nitrogens with one attached hydrogen (secondary N) is 3. The molecule has 3 heterocycles. The first-order valence-corrected chi connectivity index (χ1v) is 14.8. The van der Waals surface area contributed by atoms with Crippen molar-refractivity contribution < 1.29 is 4.74 Å². The van der Waals surface area contributed by atoms with Crippen molar-refractivity contribution in [3.63, 3.8) is 0 Å². The van der Waals surface area contributed by atoms with Crippen LogP contribution in [0.15, 0.2) is 47.4 Å². The number of likely N-dealkylation sites (tertiary alicyclic amines) is 1. The summed E-state index contributed by atoms with van der Waals surface area (Å²) in [5, 5.41) is 8.52. The molecule has 0 aliphatic carbocycles. The predicted molar refractivity (Wildman–Crippen MR) is 164 cm³/mol. The van der Waals surface area contributed by atoms with E-state index in [2.05, 4.69) is 90.8 Å². The van der Waals surface area contributed by atoms with Gasteiger partial charge in [-0.25, -0.2) is 0 Å². The number of aryl methyl sites for hydroxylation is 2. The van der Waals surface area contributed by atoms with E-state index in [9.17, 15) is 0 Å². The predicted octanol–water partition coefficient (Wildman–Crippen LogP) is 7.77. The maximum Gasteiger partial charge on any atom is 0.231 e. The lowest BCUT2D eigenvalue weighted by Crippen LogP contribution is -2.29. The second kappa shape index (κ2) is 11.9. The summed E-state index contributed by atoms with van der Waals surface area (Å²) in [5.41, 5.74) is 6.40.